The summed E-state index contributed by atoms with van der Waals surface area (Å²) in [6.07, 6.45) is 3.90. The molecule has 2 rings (SSSR count). The van der Waals surface area contributed by atoms with Crippen molar-refractivity contribution in [3.63, 3.8) is 0 Å². The van der Waals surface area contributed by atoms with Gasteiger partial charge < -0.3 is 9.22 Å². The zero-order chi connectivity index (χ0) is 13.2. The SMILES string of the molecule is C[N+](C)(C)CCOC(=O)C1C=Cc2ccccc21. The molecule has 0 bridgehead atoms. The number of carbonyl (C=O) groups excluding carboxylic acids is 1. The van der Waals surface area contributed by atoms with Crippen molar-refractivity contribution in [1.82, 2.24) is 0 Å². The number of likely N-dealkylation sites (N-methyl/N-ethyl adjacent to an activating group) is 1. The highest BCUT2D eigenvalue weighted by Gasteiger charge is 2.25. The van der Waals surface area contributed by atoms with Crippen molar-refractivity contribution in [3.8, 4) is 0 Å². The van der Waals surface area contributed by atoms with Gasteiger partial charge in [-0.3, -0.25) is 4.79 Å². The van der Waals surface area contributed by atoms with E-state index in [1.54, 1.807) is 0 Å². The van der Waals surface area contributed by atoms with E-state index < -0.39 is 0 Å². The highest BCUT2D eigenvalue weighted by Crippen LogP contribution is 2.30. The van der Waals surface area contributed by atoms with E-state index in [9.17, 15) is 4.79 Å². The quantitative estimate of drug-likeness (QED) is 0.600. The minimum absolute atomic E-state index is 0.148. The highest BCUT2D eigenvalue weighted by atomic mass is 16.5. The Labute approximate surface area is 108 Å². The molecule has 0 aliphatic heterocycles. The number of quaternary nitrogens is 1. The van der Waals surface area contributed by atoms with Gasteiger partial charge >= 0.3 is 5.97 Å². The summed E-state index contributed by atoms with van der Waals surface area (Å²) in [7, 11) is 6.25. The topological polar surface area (TPSA) is 26.3 Å². The van der Waals surface area contributed by atoms with Crippen LogP contribution >= 0.6 is 0 Å². The molecule has 0 amide bonds. The predicted octanol–water partition coefficient (Wildman–Crippen LogP) is 2.05. The third kappa shape index (κ3) is 2.99. The van der Waals surface area contributed by atoms with Gasteiger partial charge in [0.15, 0.2) is 0 Å². The lowest BCUT2D eigenvalue weighted by Crippen LogP contribution is -2.38. The van der Waals surface area contributed by atoms with Crippen molar-refractivity contribution in [2.75, 3.05) is 34.3 Å². The molecule has 0 saturated heterocycles. The van der Waals surface area contributed by atoms with Crippen LogP contribution in [-0.4, -0.2) is 44.7 Å². The molecule has 1 aliphatic rings. The first-order valence-electron chi connectivity index (χ1n) is 6.21. The van der Waals surface area contributed by atoms with Gasteiger partial charge in [0, 0.05) is 0 Å². The minimum atomic E-state index is -0.228. The summed E-state index contributed by atoms with van der Waals surface area (Å²) in [6.45, 7) is 1.29. The van der Waals surface area contributed by atoms with E-state index in [0.717, 1.165) is 22.2 Å². The highest BCUT2D eigenvalue weighted by molar-refractivity contribution is 5.86. The molecular weight excluding hydrogens is 226 g/mol. The molecule has 0 fully saturated rings. The zero-order valence-corrected chi connectivity index (χ0v) is 11.2. The summed E-state index contributed by atoms with van der Waals surface area (Å²) in [4.78, 5) is 12.0. The molecule has 3 heteroatoms. The first-order valence-corrected chi connectivity index (χ1v) is 6.21. The minimum Gasteiger partial charge on any atom is -0.459 e. The van der Waals surface area contributed by atoms with Gasteiger partial charge in [0.2, 0.25) is 0 Å². The van der Waals surface area contributed by atoms with Crippen molar-refractivity contribution < 1.29 is 14.0 Å². The smallest absolute Gasteiger partial charge is 0.317 e. The van der Waals surface area contributed by atoms with Crippen LogP contribution in [0, 0.1) is 0 Å². The second-order valence-electron chi connectivity index (χ2n) is 5.65. The zero-order valence-electron chi connectivity index (χ0n) is 11.2. The van der Waals surface area contributed by atoms with Gasteiger partial charge in [-0.2, -0.15) is 0 Å². The van der Waals surface area contributed by atoms with E-state index >= 15 is 0 Å². The Morgan fingerprint density at radius 3 is 2.72 bits per heavy atom. The number of hydrogen-bond donors (Lipinski definition) is 0. The molecular formula is C15H20NO2+. The third-order valence-corrected chi connectivity index (χ3v) is 3.06. The van der Waals surface area contributed by atoms with Crippen LogP contribution in [0.2, 0.25) is 0 Å². The average Bonchev–Trinajstić information content (AvgIpc) is 2.70. The molecule has 1 unspecified atom stereocenters. The van der Waals surface area contributed by atoms with Crippen molar-refractivity contribution >= 4 is 12.0 Å². The van der Waals surface area contributed by atoms with Crippen LogP contribution in [-0.2, 0) is 9.53 Å². The Kier molecular flexibility index (Phi) is 3.53. The Morgan fingerprint density at radius 2 is 2.00 bits per heavy atom. The lowest BCUT2D eigenvalue weighted by Gasteiger charge is -2.23. The van der Waals surface area contributed by atoms with E-state index in [0.29, 0.717) is 6.61 Å². The maximum atomic E-state index is 12.0. The van der Waals surface area contributed by atoms with Gasteiger partial charge in [0.25, 0.3) is 0 Å². The Hall–Kier alpha value is -1.61. The maximum absolute atomic E-state index is 12.0. The van der Waals surface area contributed by atoms with Crippen LogP contribution in [0.25, 0.3) is 6.08 Å². The Morgan fingerprint density at radius 1 is 1.28 bits per heavy atom. The van der Waals surface area contributed by atoms with Gasteiger partial charge in [-0.05, 0) is 11.1 Å². The summed E-state index contributed by atoms with van der Waals surface area (Å²) in [6, 6.07) is 7.94. The number of fused-ring (bicyclic) bond motifs is 1. The fourth-order valence-electron chi connectivity index (χ4n) is 1.96. The summed E-state index contributed by atoms with van der Waals surface area (Å²) in [5, 5.41) is 0. The van der Waals surface area contributed by atoms with E-state index in [4.69, 9.17) is 4.74 Å². The second kappa shape index (κ2) is 4.94. The first-order chi connectivity index (χ1) is 8.47. The van der Waals surface area contributed by atoms with Crippen LogP contribution in [0.5, 0.6) is 0 Å². The molecule has 3 nitrogen and oxygen atoms in total. The summed E-state index contributed by atoms with van der Waals surface area (Å²) in [5.74, 6) is -0.377. The van der Waals surface area contributed by atoms with Crippen molar-refractivity contribution in [2.45, 2.75) is 5.92 Å². The molecule has 0 saturated carbocycles. The van der Waals surface area contributed by atoms with E-state index in [1.807, 2.05) is 36.4 Å². The van der Waals surface area contributed by atoms with Crippen LogP contribution in [0.3, 0.4) is 0 Å². The number of carbonyl (C=O) groups is 1. The van der Waals surface area contributed by atoms with Gasteiger partial charge in [0.05, 0.1) is 21.1 Å². The number of nitrogens with zero attached hydrogens (tertiary/aromatic N) is 1. The summed E-state index contributed by atoms with van der Waals surface area (Å²) >= 11 is 0. The van der Waals surface area contributed by atoms with Crippen molar-refractivity contribution in [1.29, 1.82) is 0 Å². The van der Waals surface area contributed by atoms with E-state index in [1.165, 1.54) is 0 Å². The standard InChI is InChI=1S/C15H20NO2/c1-16(2,3)10-11-18-15(17)14-9-8-12-6-4-5-7-13(12)14/h4-9,14H,10-11H2,1-3H3/q+1. The molecule has 0 heterocycles. The van der Waals surface area contributed by atoms with Gasteiger partial charge in [-0.1, -0.05) is 36.4 Å². The van der Waals surface area contributed by atoms with E-state index in [-0.39, 0.29) is 11.9 Å². The van der Waals surface area contributed by atoms with Crippen molar-refractivity contribution in [3.05, 3.63) is 41.5 Å². The van der Waals surface area contributed by atoms with Crippen LogP contribution in [0.4, 0.5) is 0 Å². The first kappa shape index (κ1) is 12.8. The molecule has 1 aromatic carbocycles. The number of hydrogen-bond acceptors (Lipinski definition) is 2. The molecule has 0 spiro atoms. The maximum Gasteiger partial charge on any atom is 0.317 e. The number of esters is 1. The van der Waals surface area contributed by atoms with Crippen LogP contribution in [0.15, 0.2) is 30.3 Å². The van der Waals surface area contributed by atoms with Crippen LogP contribution < -0.4 is 0 Å². The molecule has 0 N–H and O–H groups in total. The molecule has 1 atom stereocenters. The molecule has 0 radical (unpaired) electrons. The lowest BCUT2D eigenvalue weighted by atomic mass is 10.0. The molecule has 1 aromatic rings. The van der Waals surface area contributed by atoms with E-state index in [2.05, 4.69) is 21.1 Å². The largest absolute Gasteiger partial charge is 0.459 e. The fraction of sp³-hybridized carbons (Fsp3) is 0.400. The average molecular weight is 246 g/mol. The van der Waals surface area contributed by atoms with Gasteiger partial charge in [-0.25, -0.2) is 0 Å². The monoisotopic (exact) mass is 246 g/mol. The molecule has 96 valence electrons. The Bertz CT molecular complexity index is 472. The molecule has 1 aliphatic carbocycles. The summed E-state index contributed by atoms with van der Waals surface area (Å²) in [5.41, 5.74) is 2.17. The lowest BCUT2D eigenvalue weighted by molar-refractivity contribution is -0.870. The van der Waals surface area contributed by atoms with Gasteiger partial charge in [0.1, 0.15) is 19.1 Å². The number of benzene rings is 1. The van der Waals surface area contributed by atoms with Gasteiger partial charge in [-0.15, -0.1) is 0 Å². The normalized spacial score (nSPS) is 17.6. The predicted molar refractivity (Wildman–Crippen MR) is 72.1 cm³/mol. The third-order valence-electron chi connectivity index (χ3n) is 3.06. The van der Waals surface area contributed by atoms with Crippen LogP contribution in [0.1, 0.15) is 17.0 Å². The molecule has 18 heavy (non-hydrogen) atoms. The Balaban J connectivity index is 1.94. The fourth-order valence-corrected chi connectivity index (χ4v) is 1.96. The number of ether oxygens (including phenoxy) is 1. The summed E-state index contributed by atoms with van der Waals surface area (Å²) < 4.78 is 6.15. The second-order valence-corrected chi connectivity index (χ2v) is 5.65. The number of rotatable bonds is 4. The van der Waals surface area contributed by atoms with Crippen molar-refractivity contribution in [2.24, 2.45) is 0 Å². The molecule has 0 aromatic heterocycles.